The molecule has 0 aliphatic rings. The minimum absolute atomic E-state index is 0.454. The number of benzene rings is 3. The summed E-state index contributed by atoms with van der Waals surface area (Å²) in [5.74, 6) is 1.47. The van der Waals surface area contributed by atoms with Crippen LogP contribution in [0.2, 0.25) is 0 Å². The maximum Gasteiger partial charge on any atom is 0.216 e. The highest BCUT2D eigenvalue weighted by molar-refractivity contribution is 7.71. The highest BCUT2D eigenvalue weighted by Gasteiger charge is 2.08. The fourth-order valence-electron chi connectivity index (χ4n) is 2.89. The smallest absolute Gasteiger partial charge is 0.216 e. The number of nitrogens with one attached hydrogen (secondary N) is 1. The van der Waals surface area contributed by atoms with Gasteiger partial charge in [0, 0.05) is 5.56 Å². The summed E-state index contributed by atoms with van der Waals surface area (Å²) in [5, 5.41) is 13.5. The fraction of sp³-hybridized carbons (Fsp3) is 0.0952. The number of aromatic nitrogens is 3. The van der Waals surface area contributed by atoms with Crippen molar-refractivity contribution in [3.8, 4) is 5.75 Å². The van der Waals surface area contributed by atoms with Gasteiger partial charge in [-0.3, -0.25) is 5.10 Å². The van der Waals surface area contributed by atoms with Crippen LogP contribution in [-0.2, 0) is 6.61 Å². The number of aromatic amines is 1. The van der Waals surface area contributed by atoms with Crippen molar-refractivity contribution in [3.63, 3.8) is 0 Å². The Kier molecular flexibility index (Phi) is 4.80. The number of aryl methyl sites for hydroxylation is 1. The van der Waals surface area contributed by atoms with Crippen LogP contribution in [0.15, 0.2) is 71.8 Å². The number of H-pyrrole nitrogens is 1. The van der Waals surface area contributed by atoms with Gasteiger partial charge < -0.3 is 4.74 Å². The Morgan fingerprint density at radius 3 is 2.63 bits per heavy atom. The molecule has 0 fully saturated rings. The van der Waals surface area contributed by atoms with Gasteiger partial charge in [0.05, 0.1) is 6.21 Å². The quantitative estimate of drug-likeness (QED) is 0.401. The van der Waals surface area contributed by atoms with E-state index in [1.54, 1.807) is 10.9 Å². The zero-order valence-corrected chi connectivity index (χ0v) is 15.6. The van der Waals surface area contributed by atoms with Gasteiger partial charge in [-0.2, -0.15) is 14.9 Å². The molecule has 0 bridgehead atoms. The van der Waals surface area contributed by atoms with Gasteiger partial charge in [-0.25, -0.2) is 0 Å². The third-order valence-corrected chi connectivity index (χ3v) is 4.55. The summed E-state index contributed by atoms with van der Waals surface area (Å²) >= 11 is 5.23. The first kappa shape index (κ1) is 17.2. The summed E-state index contributed by atoms with van der Waals surface area (Å²) in [5.41, 5.74) is 2.02. The van der Waals surface area contributed by atoms with Crippen molar-refractivity contribution in [2.45, 2.75) is 13.5 Å². The van der Waals surface area contributed by atoms with Gasteiger partial charge in [0.25, 0.3) is 0 Å². The molecule has 0 saturated heterocycles. The second kappa shape index (κ2) is 7.55. The van der Waals surface area contributed by atoms with Crippen LogP contribution in [0.3, 0.4) is 0 Å². The molecule has 0 spiro atoms. The molecular weight excluding hydrogens is 356 g/mol. The molecular formula is C21H18N4OS. The SMILES string of the molecule is Cc1n[nH]c(=S)n1/N=C/c1c(OCc2ccccc2)ccc2ccccc12. The summed E-state index contributed by atoms with van der Waals surface area (Å²) in [6.45, 7) is 2.34. The lowest BCUT2D eigenvalue weighted by molar-refractivity contribution is 0.306. The fourth-order valence-corrected chi connectivity index (χ4v) is 3.12. The van der Waals surface area contributed by atoms with E-state index in [0.717, 1.165) is 27.6 Å². The Bertz CT molecular complexity index is 1160. The molecule has 27 heavy (non-hydrogen) atoms. The van der Waals surface area contributed by atoms with Crippen molar-refractivity contribution < 1.29 is 4.74 Å². The Labute approximate surface area is 161 Å². The number of hydrogen-bond acceptors (Lipinski definition) is 4. The highest BCUT2D eigenvalue weighted by Crippen LogP contribution is 2.27. The van der Waals surface area contributed by atoms with E-state index >= 15 is 0 Å². The minimum Gasteiger partial charge on any atom is -0.488 e. The topological polar surface area (TPSA) is 55.2 Å². The second-order valence-corrected chi connectivity index (χ2v) is 6.49. The Hall–Kier alpha value is -3.25. The summed E-state index contributed by atoms with van der Waals surface area (Å²) in [4.78, 5) is 0. The maximum absolute atomic E-state index is 6.11. The van der Waals surface area contributed by atoms with Gasteiger partial charge in [-0.15, -0.1) is 0 Å². The lowest BCUT2D eigenvalue weighted by atomic mass is 10.0. The van der Waals surface area contributed by atoms with Gasteiger partial charge in [-0.05, 0) is 41.5 Å². The summed E-state index contributed by atoms with van der Waals surface area (Å²) < 4.78 is 8.16. The van der Waals surface area contributed by atoms with Crippen LogP contribution in [-0.4, -0.2) is 21.1 Å². The summed E-state index contributed by atoms with van der Waals surface area (Å²) in [6.07, 6.45) is 1.78. The average Bonchev–Trinajstić information content (AvgIpc) is 3.03. The lowest BCUT2D eigenvalue weighted by Crippen LogP contribution is -2.00. The molecule has 0 unspecified atom stereocenters. The van der Waals surface area contributed by atoms with E-state index in [0.29, 0.717) is 17.2 Å². The second-order valence-electron chi connectivity index (χ2n) is 6.11. The number of rotatable bonds is 5. The van der Waals surface area contributed by atoms with Crippen molar-refractivity contribution in [2.75, 3.05) is 0 Å². The molecule has 5 nitrogen and oxygen atoms in total. The number of ether oxygens (including phenoxy) is 1. The molecule has 3 aromatic carbocycles. The molecule has 1 N–H and O–H groups in total. The van der Waals surface area contributed by atoms with Crippen molar-refractivity contribution in [1.29, 1.82) is 0 Å². The third-order valence-electron chi connectivity index (χ3n) is 4.28. The Balaban J connectivity index is 1.75. The van der Waals surface area contributed by atoms with Gasteiger partial charge in [0.15, 0.2) is 0 Å². The predicted octanol–water partition coefficient (Wildman–Crippen LogP) is 4.86. The lowest BCUT2D eigenvalue weighted by Gasteiger charge is -2.12. The van der Waals surface area contributed by atoms with E-state index in [1.165, 1.54) is 0 Å². The molecule has 4 aromatic rings. The van der Waals surface area contributed by atoms with Crippen molar-refractivity contribution in [3.05, 3.63) is 88.5 Å². The van der Waals surface area contributed by atoms with Crippen LogP contribution in [0.5, 0.6) is 5.75 Å². The molecule has 6 heteroatoms. The van der Waals surface area contributed by atoms with E-state index in [-0.39, 0.29) is 0 Å². The standard InChI is InChI=1S/C21H18N4OS/c1-15-23-24-21(27)25(15)22-13-19-18-10-6-5-9-17(18)11-12-20(19)26-14-16-7-3-2-4-8-16/h2-13H,14H2,1H3,(H,24,27)/b22-13+. The van der Waals surface area contributed by atoms with Crippen LogP contribution in [0.4, 0.5) is 0 Å². The van der Waals surface area contributed by atoms with E-state index in [9.17, 15) is 0 Å². The summed E-state index contributed by atoms with van der Waals surface area (Å²) in [6, 6.07) is 22.3. The first-order valence-corrected chi connectivity index (χ1v) is 9.00. The van der Waals surface area contributed by atoms with E-state index in [1.807, 2.05) is 55.5 Å². The Morgan fingerprint density at radius 1 is 1.07 bits per heavy atom. The van der Waals surface area contributed by atoms with Crippen LogP contribution in [0, 0.1) is 11.7 Å². The normalized spacial score (nSPS) is 11.3. The molecule has 0 atom stereocenters. The van der Waals surface area contributed by atoms with E-state index in [2.05, 4.69) is 33.5 Å². The molecule has 4 rings (SSSR count). The van der Waals surface area contributed by atoms with Crippen molar-refractivity contribution in [1.82, 2.24) is 14.9 Å². The van der Waals surface area contributed by atoms with Gasteiger partial charge in [0.1, 0.15) is 18.2 Å². The highest BCUT2D eigenvalue weighted by atomic mass is 32.1. The maximum atomic E-state index is 6.11. The van der Waals surface area contributed by atoms with Crippen molar-refractivity contribution in [2.24, 2.45) is 5.10 Å². The average molecular weight is 374 g/mol. The first-order valence-electron chi connectivity index (χ1n) is 8.59. The van der Waals surface area contributed by atoms with E-state index in [4.69, 9.17) is 17.0 Å². The Morgan fingerprint density at radius 2 is 1.85 bits per heavy atom. The van der Waals surface area contributed by atoms with Crippen LogP contribution in [0.1, 0.15) is 17.0 Å². The zero-order valence-electron chi connectivity index (χ0n) is 14.8. The largest absolute Gasteiger partial charge is 0.488 e. The van der Waals surface area contributed by atoms with Crippen molar-refractivity contribution >= 4 is 29.2 Å². The molecule has 0 aliphatic heterocycles. The van der Waals surface area contributed by atoms with Gasteiger partial charge in [-0.1, -0.05) is 60.7 Å². The van der Waals surface area contributed by atoms with Gasteiger partial charge in [0.2, 0.25) is 4.77 Å². The summed E-state index contributed by atoms with van der Waals surface area (Å²) in [7, 11) is 0. The monoisotopic (exact) mass is 374 g/mol. The number of fused-ring (bicyclic) bond motifs is 1. The molecule has 0 radical (unpaired) electrons. The first-order chi connectivity index (χ1) is 13.2. The number of nitrogens with zero attached hydrogens (tertiary/aromatic N) is 3. The molecule has 1 heterocycles. The third kappa shape index (κ3) is 3.66. The molecule has 134 valence electrons. The minimum atomic E-state index is 0.454. The molecule has 0 amide bonds. The predicted molar refractivity (Wildman–Crippen MR) is 110 cm³/mol. The molecule has 0 aliphatic carbocycles. The molecule has 0 saturated carbocycles. The van der Waals surface area contributed by atoms with Crippen LogP contribution < -0.4 is 4.74 Å². The molecule has 1 aromatic heterocycles. The van der Waals surface area contributed by atoms with Gasteiger partial charge >= 0.3 is 0 Å². The zero-order chi connectivity index (χ0) is 18.6. The number of hydrogen-bond donors (Lipinski definition) is 1. The van der Waals surface area contributed by atoms with Crippen LogP contribution >= 0.6 is 12.2 Å². The van der Waals surface area contributed by atoms with E-state index < -0.39 is 0 Å². The van der Waals surface area contributed by atoms with Crippen LogP contribution in [0.25, 0.3) is 10.8 Å².